The fraction of sp³-hybridized carbons (Fsp3) is 0.200. The van der Waals surface area contributed by atoms with E-state index in [0.29, 0.717) is 21.6 Å². The Bertz CT molecular complexity index is 670. The normalized spacial score (nSPS) is 18.3. The molecule has 1 fully saturated rings. The van der Waals surface area contributed by atoms with E-state index in [2.05, 4.69) is 4.98 Å². The third-order valence-corrected chi connectivity index (χ3v) is 5.09. The van der Waals surface area contributed by atoms with Crippen molar-refractivity contribution in [2.75, 3.05) is 10.7 Å². The number of carbonyl (C=O) groups is 1. The fourth-order valence-corrected chi connectivity index (χ4v) is 4.20. The number of amides is 1. The first-order chi connectivity index (χ1) is 10.1. The van der Waals surface area contributed by atoms with Gasteiger partial charge in [-0.3, -0.25) is 9.69 Å². The van der Waals surface area contributed by atoms with Crippen molar-refractivity contribution in [3.8, 4) is 0 Å². The molecule has 2 heterocycles. The van der Waals surface area contributed by atoms with E-state index in [4.69, 9.17) is 23.2 Å². The van der Waals surface area contributed by atoms with Gasteiger partial charge in [0.25, 0.3) is 0 Å². The Labute approximate surface area is 137 Å². The second-order valence-corrected chi connectivity index (χ2v) is 6.64. The van der Waals surface area contributed by atoms with Crippen molar-refractivity contribution in [3.63, 3.8) is 0 Å². The topological polar surface area (TPSA) is 33.2 Å². The van der Waals surface area contributed by atoms with E-state index in [1.807, 2.05) is 19.1 Å². The predicted molar refractivity (Wildman–Crippen MR) is 88.1 cm³/mol. The molecule has 1 atom stereocenters. The zero-order valence-corrected chi connectivity index (χ0v) is 13.5. The van der Waals surface area contributed by atoms with Crippen LogP contribution in [0.5, 0.6) is 0 Å². The fourth-order valence-electron chi connectivity index (χ4n) is 2.23. The summed E-state index contributed by atoms with van der Waals surface area (Å²) in [6.07, 6.45) is 1.75. The largest absolute Gasteiger partial charge is 0.279 e. The van der Waals surface area contributed by atoms with Gasteiger partial charge in [0.05, 0.1) is 5.75 Å². The highest BCUT2D eigenvalue weighted by atomic mass is 35.5. The molecule has 0 radical (unpaired) electrons. The Morgan fingerprint density at radius 2 is 1.95 bits per heavy atom. The molecule has 108 valence electrons. The molecule has 1 aromatic heterocycles. The smallest absolute Gasteiger partial charge is 0.239 e. The number of carbonyl (C=O) groups excluding carboxylic acids is 1. The van der Waals surface area contributed by atoms with E-state index in [-0.39, 0.29) is 11.3 Å². The third-order valence-electron chi connectivity index (χ3n) is 3.26. The quantitative estimate of drug-likeness (QED) is 0.809. The van der Waals surface area contributed by atoms with Crippen molar-refractivity contribution in [2.45, 2.75) is 12.3 Å². The van der Waals surface area contributed by atoms with Gasteiger partial charge in [-0.05, 0) is 30.7 Å². The summed E-state index contributed by atoms with van der Waals surface area (Å²) in [7, 11) is 0. The summed E-state index contributed by atoms with van der Waals surface area (Å²) in [6.45, 7) is 1.96. The molecule has 1 amide bonds. The van der Waals surface area contributed by atoms with Crippen LogP contribution in [-0.2, 0) is 4.79 Å². The summed E-state index contributed by atoms with van der Waals surface area (Å²) >= 11 is 14.1. The molecule has 0 bridgehead atoms. The highest BCUT2D eigenvalue weighted by molar-refractivity contribution is 8.00. The lowest BCUT2D eigenvalue weighted by molar-refractivity contribution is -0.115. The number of thioether (sulfide) groups is 1. The van der Waals surface area contributed by atoms with Crippen LogP contribution in [0, 0.1) is 6.92 Å². The van der Waals surface area contributed by atoms with Crippen LogP contribution >= 0.6 is 35.0 Å². The van der Waals surface area contributed by atoms with Gasteiger partial charge in [0.2, 0.25) is 5.91 Å². The minimum atomic E-state index is -0.242. The first-order valence-corrected chi connectivity index (χ1v) is 8.18. The summed E-state index contributed by atoms with van der Waals surface area (Å²) in [5, 5.41) is 0.882. The number of benzene rings is 1. The van der Waals surface area contributed by atoms with Crippen molar-refractivity contribution in [1.82, 2.24) is 4.98 Å². The summed E-state index contributed by atoms with van der Waals surface area (Å²) in [5.41, 5.74) is 1.81. The lowest BCUT2D eigenvalue weighted by Crippen LogP contribution is -2.28. The average molecular weight is 339 g/mol. The van der Waals surface area contributed by atoms with Gasteiger partial charge in [0, 0.05) is 21.8 Å². The zero-order valence-electron chi connectivity index (χ0n) is 11.2. The Kier molecular flexibility index (Phi) is 4.11. The highest BCUT2D eigenvalue weighted by Crippen LogP contribution is 2.45. The maximum atomic E-state index is 12.2. The molecule has 0 N–H and O–H groups in total. The molecule has 1 saturated heterocycles. The van der Waals surface area contributed by atoms with Crippen LogP contribution in [0.4, 0.5) is 5.82 Å². The first-order valence-electron chi connectivity index (χ1n) is 6.38. The van der Waals surface area contributed by atoms with E-state index in [0.717, 1.165) is 11.1 Å². The number of rotatable bonds is 2. The van der Waals surface area contributed by atoms with Crippen LogP contribution in [0.25, 0.3) is 0 Å². The number of pyridine rings is 1. The molecule has 3 nitrogen and oxygen atoms in total. The van der Waals surface area contributed by atoms with Gasteiger partial charge in [0.1, 0.15) is 11.2 Å². The van der Waals surface area contributed by atoms with Gasteiger partial charge in [0.15, 0.2) is 0 Å². The van der Waals surface area contributed by atoms with Crippen molar-refractivity contribution in [3.05, 3.63) is 57.7 Å². The van der Waals surface area contributed by atoms with Gasteiger partial charge < -0.3 is 0 Å². The van der Waals surface area contributed by atoms with Crippen molar-refractivity contribution in [2.24, 2.45) is 0 Å². The summed E-state index contributed by atoms with van der Waals surface area (Å²) < 4.78 is 0. The number of aromatic nitrogens is 1. The Morgan fingerprint density at radius 1 is 1.24 bits per heavy atom. The Balaban J connectivity index is 2.05. The van der Waals surface area contributed by atoms with Crippen LogP contribution < -0.4 is 4.90 Å². The molecular formula is C15H12Cl2N2OS. The number of halogens is 2. The van der Waals surface area contributed by atoms with Crippen LogP contribution in [0.3, 0.4) is 0 Å². The minimum Gasteiger partial charge on any atom is -0.279 e. The van der Waals surface area contributed by atoms with E-state index in [9.17, 15) is 4.79 Å². The molecule has 0 saturated carbocycles. The maximum Gasteiger partial charge on any atom is 0.239 e. The van der Waals surface area contributed by atoms with Crippen LogP contribution in [0.2, 0.25) is 10.0 Å². The number of nitrogens with zero attached hydrogens (tertiary/aromatic N) is 2. The predicted octanol–water partition coefficient (Wildman–Crippen LogP) is 4.48. The molecule has 1 aliphatic rings. The molecule has 0 aliphatic carbocycles. The van der Waals surface area contributed by atoms with E-state index in [1.165, 1.54) is 11.8 Å². The maximum absolute atomic E-state index is 12.2. The lowest BCUT2D eigenvalue weighted by Gasteiger charge is -2.24. The molecule has 3 rings (SSSR count). The van der Waals surface area contributed by atoms with E-state index < -0.39 is 0 Å². The van der Waals surface area contributed by atoms with Gasteiger partial charge in [-0.15, -0.1) is 11.8 Å². The van der Waals surface area contributed by atoms with Crippen molar-refractivity contribution >= 4 is 46.7 Å². The molecule has 1 aliphatic heterocycles. The number of hydrogen-bond donors (Lipinski definition) is 0. The second-order valence-electron chi connectivity index (χ2n) is 4.76. The SMILES string of the molecule is Cc1ccc(N2C(=O)CSC2c2c(Cl)cccc2Cl)nc1. The highest BCUT2D eigenvalue weighted by Gasteiger charge is 2.37. The molecular weight excluding hydrogens is 327 g/mol. The summed E-state index contributed by atoms with van der Waals surface area (Å²) in [4.78, 5) is 18.3. The monoisotopic (exact) mass is 338 g/mol. The molecule has 0 spiro atoms. The summed E-state index contributed by atoms with van der Waals surface area (Å²) in [6, 6.07) is 9.14. The first kappa shape index (κ1) is 14.7. The molecule has 2 aromatic rings. The van der Waals surface area contributed by atoms with Crippen LogP contribution in [0.15, 0.2) is 36.5 Å². The molecule has 6 heteroatoms. The number of anilines is 1. The van der Waals surface area contributed by atoms with E-state index in [1.54, 1.807) is 29.3 Å². The molecule has 21 heavy (non-hydrogen) atoms. The molecule has 1 unspecified atom stereocenters. The third kappa shape index (κ3) is 2.76. The summed E-state index contributed by atoms with van der Waals surface area (Å²) in [5.74, 6) is 1.02. The zero-order chi connectivity index (χ0) is 15.0. The average Bonchev–Trinajstić information content (AvgIpc) is 2.82. The van der Waals surface area contributed by atoms with Crippen LogP contribution in [-0.4, -0.2) is 16.6 Å². The van der Waals surface area contributed by atoms with E-state index >= 15 is 0 Å². The van der Waals surface area contributed by atoms with Crippen molar-refractivity contribution < 1.29 is 4.79 Å². The second kappa shape index (κ2) is 5.87. The van der Waals surface area contributed by atoms with Crippen LogP contribution in [0.1, 0.15) is 16.5 Å². The number of hydrogen-bond acceptors (Lipinski definition) is 3. The van der Waals surface area contributed by atoms with Gasteiger partial charge >= 0.3 is 0 Å². The molecule has 1 aromatic carbocycles. The Hall–Kier alpha value is -1.23. The van der Waals surface area contributed by atoms with Gasteiger partial charge in [-0.2, -0.15) is 0 Å². The Morgan fingerprint density at radius 3 is 2.57 bits per heavy atom. The minimum absolute atomic E-state index is 0.0114. The van der Waals surface area contributed by atoms with Crippen molar-refractivity contribution in [1.29, 1.82) is 0 Å². The standard InChI is InChI=1S/C15H12Cl2N2OS/c1-9-5-6-12(18-7-9)19-13(20)8-21-15(19)14-10(16)3-2-4-11(14)17/h2-7,15H,8H2,1H3. The van der Waals surface area contributed by atoms with Gasteiger partial charge in [-0.25, -0.2) is 4.98 Å². The number of aryl methyl sites for hydroxylation is 1. The van der Waals surface area contributed by atoms with Gasteiger partial charge in [-0.1, -0.05) is 35.3 Å². The lowest BCUT2D eigenvalue weighted by atomic mass is 10.2.